The van der Waals surface area contributed by atoms with E-state index in [0.717, 1.165) is 22.0 Å². The predicted molar refractivity (Wildman–Crippen MR) is 86.3 cm³/mol. The monoisotopic (exact) mass is 349 g/mol. The van der Waals surface area contributed by atoms with Gasteiger partial charge in [0.15, 0.2) is 11.5 Å². The molecule has 24 heavy (non-hydrogen) atoms. The Morgan fingerprint density at radius 1 is 1.38 bits per heavy atom. The Balaban J connectivity index is 1.53. The molecule has 0 fully saturated rings. The Labute approximate surface area is 141 Å². The second-order valence-corrected chi connectivity index (χ2v) is 5.94. The number of nitrogens with two attached hydrogens (primary N) is 1. The fourth-order valence-corrected chi connectivity index (χ4v) is 2.68. The fraction of sp³-hybridized carbons (Fsp3) is 0.286. The van der Waals surface area contributed by atoms with Gasteiger partial charge in [0, 0.05) is 6.54 Å². The summed E-state index contributed by atoms with van der Waals surface area (Å²) in [6, 6.07) is 5.47. The van der Waals surface area contributed by atoms with Crippen molar-refractivity contribution in [3.8, 4) is 11.5 Å². The van der Waals surface area contributed by atoms with Gasteiger partial charge in [0.1, 0.15) is 5.69 Å². The highest BCUT2D eigenvalue weighted by Crippen LogP contribution is 2.32. The molecule has 9 nitrogen and oxygen atoms in total. The maximum Gasteiger partial charge on any atom is 0.294 e. The molecule has 0 saturated carbocycles. The van der Waals surface area contributed by atoms with Crippen LogP contribution in [0.15, 0.2) is 28.2 Å². The second kappa shape index (κ2) is 6.79. The van der Waals surface area contributed by atoms with Gasteiger partial charge < -0.3 is 20.6 Å². The fourth-order valence-electron chi connectivity index (χ4n) is 2.00. The smallest absolute Gasteiger partial charge is 0.294 e. The van der Waals surface area contributed by atoms with Crippen LogP contribution in [0.5, 0.6) is 11.5 Å². The van der Waals surface area contributed by atoms with Gasteiger partial charge in [-0.25, -0.2) is 0 Å². The lowest BCUT2D eigenvalue weighted by atomic mass is 10.2. The molecular weight excluding hydrogens is 334 g/mol. The first-order valence-electron chi connectivity index (χ1n) is 7.04. The van der Waals surface area contributed by atoms with Crippen LogP contribution < -0.4 is 26.2 Å². The van der Waals surface area contributed by atoms with Crippen molar-refractivity contribution in [2.75, 3.05) is 18.4 Å². The van der Waals surface area contributed by atoms with Crippen LogP contribution in [0.2, 0.25) is 0 Å². The van der Waals surface area contributed by atoms with E-state index in [1.54, 1.807) is 6.07 Å². The van der Waals surface area contributed by atoms with E-state index in [9.17, 15) is 9.59 Å². The highest BCUT2D eigenvalue weighted by atomic mass is 32.2. The van der Waals surface area contributed by atoms with Crippen LogP contribution in [0.4, 0.5) is 0 Å². The minimum Gasteiger partial charge on any atom is -0.454 e. The Hall–Kier alpha value is -2.75. The first kappa shape index (κ1) is 16.1. The molecule has 0 bridgehead atoms. The summed E-state index contributed by atoms with van der Waals surface area (Å²) in [5.74, 6) is 6.82. The van der Waals surface area contributed by atoms with Gasteiger partial charge in [0.25, 0.3) is 5.56 Å². The highest BCUT2D eigenvalue weighted by Gasteiger charge is 2.14. The predicted octanol–water partition coefficient (Wildman–Crippen LogP) is -0.202. The van der Waals surface area contributed by atoms with Crippen molar-refractivity contribution in [2.24, 2.45) is 0 Å². The van der Waals surface area contributed by atoms with Gasteiger partial charge in [-0.1, -0.05) is 17.8 Å². The van der Waals surface area contributed by atoms with Crippen molar-refractivity contribution in [1.82, 2.24) is 20.2 Å². The van der Waals surface area contributed by atoms with Gasteiger partial charge in [0.05, 0.1) is 5.75 Å². The summed E-state index contributed by atoms with van der Waals surface area (Å²) in [4.78, 5) is 23.6. The molecule has 0 spiro atoms. The molecule has 10 heteroatoms. The maximum atomic E-state index is 11.9. The van der Waals surface area contributed by atoms with Crippen LogP contribution in [0.3, 0.4) is 0 Å². The standard InChI is InChI=1S/C14H15N5O4S/c1-8-13(21)19(15)14(18-17-8)24-6-12(20)16-5-9-2-3-10-11(4-9)23-7-22-10/h2-4H,5-7,15H2,1H3,(H,16,20). The Morgan fingerprint density at radius 2 is 2.17 bits per heavy atom. The van der Waals surface area contributed by atoms with Crippen molar-refractivity contribution < 1.29 is 14.3 Å². The van der Waals surface area contributed by atoms with Crippen LogP contribution in [0, 0.1) is 6.92 Å². The lowest BCUT2D eigenvalue weighted by molar-refractivity contribution is -0.118. The molecule has 3 N–H and O–H groups in total. The SMILES string of the molecule is Cc1nnc(SCC(=O)NCc2ccc3c(c2)OCO3)n(N)c1=O. The Bertz CT molecular complexity index is 838. The minimum absolute atomic E-state index is 0.0684. The van der Waals surface area contributed by atoms with E-state index in [-0.39, 0.29) is 29.3 Å². The molecule has 1 aromatic carbocycles. The maximum absolute atomic E-state index is 11.9. The molecule has 0 aliphatic carbocycles. The van der Waals surface area contributed by atoms with Crippen molar-refractivity contribution in [1.29, 1.82) is 0 Å². The lowest BCUT2D eigenvalue weighted by Gasteiger charge is -2.07. The minimum atomic E-state index is -0.437. The lowest BCUT2D eigenvalue weighted by Crippen LogP contribution is -2.33. The molecule has 3 rings (SSSR count). The zero-order chi connectivity index (χ0) is 17.1. The number of aryl methyl sites for hydroxylation is 1. The normalized spacial score (nSPS) is 12.2. The Kier molecular flexibility index (Phi) is 4.56. The molecular formula is C14H15N5O4S. The average molecular weight is 349 g/mol. The number of hydrogen-bond donors (Lipinski definition) is 2. The number of nitrogen functional groups attached to an aromatic ring is 1. The zero-order valence-electron chi connectivity index (χ0n) is 12.8. The van der Waals surface area contributed by atoms with Gasteiger partial charge in [-0.05, 0) is 24.6 Å². The molecule has 1 aliphatic rings. The van der Waals surface area contributed by atoms with Crippen LogP contribution in [0.1, 0.15) is 11.3 Å². The van der Waals surface area contributed by atoms with Crippen molar-refractivity contribution >= 4 is 17.7 Å². The number of thioether (sulfide) groups is 1. The molecule has 0 atom stereocenters. The summed E-state index contributed by atoms with van der Waals surface area (Å²) in [5.41, 5.74) is 0.658. The number of nitrogens with one attached hydrogen (secondary N) is 1. The van der Waals surface area contributed by atoms with Gasteiger partial charge >= 0.3 is 0 Å². The van der Waals surface area contributed by atoms with Gasteiger partial charge in [-0.3, -0.25) is 9.59 Å². The van der Waals surface area contributed by atoms with Crippen molar-refractivity contribution in [3.63, 3.8) is 0 Å². The average Bonchev–Trinajstić information content (AvgIpc) is 3.05. The molecule has 1 aromatic heterocycles. The summed E-state index contributed by atoms with van der Waals surface area (Å²) in [5, 5.41) is 10.5. The second-order valence-electron chi connectivity index (χ2n) is 5.00. The third kappa shape index (κ3) is 3.43. The molecule has 1 amide bonds. The number of rotatable bonds is 5. The van der Waals surface area contributed by atoms with Crippen LogP contribution >= 0.6 is 11.8 Å². The number of nitrogens with zero attached hydrogens (tertiary/aromatic N) is 3. The molecule has 2 aromatic rings. The summed E-state index contributed by atoms with van der Waals surface area (Å²) in [6.45, 7) is 2.08. The number of fused-ring (bicyclic) bond motifs is 1. The summed E-state index contributed by atoms with van der Waals surface area (Å²) in [6.07, 6.45) is 0. The van der Waals surface area contributed by atoms with E-state index >= 15 is 0 Å². The van der Waals surface area contributed by atoms with Crippen molar-refractivity contribution in [3.05, 3.63) is 39.8 Å². The number of carbonyl (C=O) groups excluding carboxylic acids is 1. The quantitative estimate of drug-likeness (QED) is 0.562. The topological polar surface area (TPSA) is 121 Å². The first-order chi connectivity index (χ1) is 11.5. The summed E-state index contributed by atoms with van der Waals surface area (Å²) >= 11 is 1.04. The van der Waals surface area contributed by atoms with E-state index in [1.807, 2.05) is 12.1 Å². The molecule has 126 valence electrons. The number of benzene rings is 1. The summed E-state index contributed by atoms with van der Waals surface area (Å²) in [7, 11) is 0. The highest BCUT2D eigenvalue weighted by molar-refractivity contribution is 7.99. The molecule has 0 unspecified atom stereocenters. The van der Waals surface area contributed by atoms with Crippen LogP contribution in [-0.2, 0) is 11.3 Å². The zero-order valence-corrected chi connectivity index (χ0v) is 13.6. The third-order valence-corrected chi connectivity index (χ3v) is 4.22. The number of ether oxygens (including phenoxy) is 2. The first-order valence-corrected chi connectivity index (χ1v) is 8.02. The summed E-state index contributed by atoms with van der Waals surface area (Å²) < 4.78 is 11.4. The largest absolute Gasteiger partial charge is 0.454 e. The van der Waals surface area contributed by atoms with Gasteiger partial charge in [-0.15, -0.1) is 10.2 Å². The Morgan fingerprint density at radius 3 is 3.00 bits per heavy atom. The molecule has 0 saturated heterocycles. The van der Waals surface area contributed by atoms with Gasteiger partial charge in [-0.2, -0.15) is 4.68 Å². The number of carbonyl (C=O) groups is 1. The van der Waals surface area contributed by atoms with Crippen molar-refractivity contribution in [2.45, 2.75) is 18.6 Å². The number of aromatic nitrogens is 3. The van der Waals surface area contributed by atoms with Gasteiger partial charge in [0.2, 0.25) is 17.9 Å². The van der Waals surface area contributed by atoms with E-state index in [4.69, 9.17) is 15.3 Å². The van der Waals surface area contributed by atoms with Crippen LogP contribution in [0.25, 0.3) is 0 Å². The van der Waals surface area contributed by atoms with Crippen LogP contribution in [-0.4, -0.2) is 33.3 Å². The molecule has 1 aliphatic heterocycles. The number of amides is 1. The van der Waals surface area contributed by atoms with E-state index < -0.39 is 5.56 Å². The van der Waals surface area contributed by atoms with E-state index in [2.05, 4.69) is 15.5 Å². The van der Waals surface area contributed by atoms with E-state index in [0.29, 0.717) is 18.0 Å². The van der Waals surface area contributed by atoms with E-state index in [1.165, 1.54) is 6.92 Å². The number of hydrogen-bond acceptors (Lipinski definition) is 8. The third-order valence-electron chi connectivity index (χ3n) is 3.28. The molecule has 0 radical (unpaired) electrons. The molecule has 2 heterocycles.